The van der Waals surface area contributed by atoms with Crippen LogP contribution < -0.4 is 5.32 Å². The van der Waals surface area contributed by atoms with Crippen molar-refractivity contribution >= 4 is 37.2 Å². The van der Waals surface area contributed by atoms with Crippen LogP contribution in [0.2, 0.25) is 5.02 Å². The molecule has 0 heterocycles. The fourth-order valence-electron chi connectivity index (χ4n) is 1.32. The number of halogens is 2. The van der Waals surface area contributed by atoms with Crippen molar-refractivity contribution in [3.8, 4) is 0 Å². The Balaban J connectivity index is 3.11. The Morgan fingerprint density at radius 1 is 1.30 bits per heavy atom. The van der Waals surface area contributed by atoms with Gasteiger partial charge in [0.1, 0.15) is 0 Å². The third-order valence-electron chi connectivity index (χ3n) is 3.11. The van der Waals surface area contributed by atoms with Crippen LogP contribution >= 0.6 is 22.3 Å². The first-order valence-corrected chi connectivity index (χ1v) is 8.66. The summed E-state index contributed by atoms with van der Waals surface area (Å²) in [6.07, 6.45) is 0. The van der Waals surface area contributed by atoms with Gasteiger partial charge in [0, 0.05) is 16.7 Å². The van der Waals surface area contributed by atoms with Gasteiger partial charge in [-0.15, -0.1) is 0 Å². The molecule has 0 radical (unpaired) electrons. The van der Waals surface area contributed by atoms with Gasteiger partial charge < -0.3 is 5.32 Å². The number of carbonyl (C=O) groups excluding carboxylic acids is 1. The molecule has 1 atom stereocenters. The van der Waals surface area contributed by atoms with E-state index in [1.165, 1.54) is 18.2 Å². The molecule has 1 amide bonds. The summed E-state index contributed by atoms with van der Waals surface area (Å²) in [6.45, 7) is 7.82. The predicted octanol–water partition coefficient (Wildman–Crippen LogP) is 3.43. The second-order valence-electron chi connectivity index (χ2n) is 5.64. The minimum absolute atomic E-state index is 0.0875. The highest BCUT2D eigenvalue weighted by atomic mass is 35.7. The predicted molar refractivity (Wildman–Crippen MR) is 80.9 cm³/mol. The van der Waals surface area contributed by atoms with E-state index in [9.17, 15) is 13.2 Å². The number of rotatable bonds is 3. The first-order chi connectivity index (χ1) is 8.93. The van der Waals surface area contributed by atoms with Crippen LogP contribution in [0.3, 0.4) is 0 Å². The second kappa shape index (κ2) is 5.92. The van der Waals surface area contributed by atoms with E-state index in [1.54, 1.807) is 0 Å². The summed E-state index contributed by atoms with van der Waals surface area (Å²) >= 11 is 5.94. The number of benzene rings is 1. The Kier molecular flexibility index (Phi) is 5.11. The van der Waals surface area contributed by atoms with E-state index in [0.29, 0.717) is 0 Å². The topological polar surface area (TPSA) is 63.2 Å². The number of hydrogen-bond acceptors (Lipinski definition) is 3. The molecule has 1 unspecified atom stereocenters. The Labute approximate surface area is 128 Å². The fourth-order valence-corrected chi connectivity index (χ4v) is 2.30. The number of nitrogens with one attached hydrogen (secondary N) is 1. The second-order valence-corrected chi connectivity index (χ2v) is 8.61. The lowest BCUT2D eigenvalue weighted by molar-refractivity contribution is 0.0910. The third-order valence-corrected chi connectivity index (χ3v) is 4.79. The van der Waals surface area contributed by atoms with E-state index < -0.39 is 15.0 Å². The molecule has 112 valence electrons. The largest absolute Gasteiger partial charge is 0.349 e. The molecule has 1 N–H and O–H groups in total. The smallest absolute Gasteiger partial charge is 0.261 e. The van der Waals surface area contributed by atoms with Crippen LogP contribution in [0.4, 0.5) is 0 Å². The van der Waals surface area contributed by atoms with Gasteiger partial charge in [-0.1, -0.05) is 32.4 Å². The van der Waals surface area contributed by atoms with Crippen LogP contribution in [0.1, 0.15) is 38.1 Å². The Morgan fingerprint density at radius 3 is 2.30 bits per heavy atom. The summed E-state index contributed by atoms with van der Waals surface area (Å²) in [5.74, 6) is -0.431. The molecule has 4 nitrogen and oxygen atoms in total. The zero-order valence-electron chi connectivity index (χ0n) is 11.7. The van der Waals surface area contributed by atoms with Gasteiger partial charge in [0.25, 0.3) is 15.0 Å². The van der Waals surface area contributed by atoms with Crippen LogP contribution in [-0.2, 0) is 9.05 Å². The summed E-state index contributed by atoms with van der Waals surface area (Å²) in [5.41, 5.74) is -0.0392. The number of amides is 1. The van der Waals surface area contributed by atoms with Gasteiger partial charge in [-0.05, 0) is 30.5 Å². The number of hydrogen-bond donors (Lipinski definition) is 1. The van der Waals surface area contributed by atoms with E-state index in [1.807, 2.05) is 27.7 Å². The molecule has 0 aromatic heterocycles. The van der Waals surface area contributed by atoms with Crippen LogP contribution in [0.15, 0.2) is 23.1 Å². The molecule has 1 aromatic rings. The zero-order valence-corrected chi connectivity index (χ0v) is 14.0. The maximum absolute atomic E-state index is 12.2. The lowest BCUT2D eigenvalue weighted by Gasteiger charge is -2.28. The Hall–Kier alpha value is -0.780. The van der Waals surface area contributed by atoms with E-state index >= 15 is 0 Å². The quantitative estimate of drug-likeness (QED) is 0.859. The van der Waals surface area contributed by atoms with Crippen molar-refractivity contribution < 1.29 is 13.2 Å². The van der Waals surface area contributed by atoms with Crippen molar-refractivity contribution in [3.63, 3.8) is 0 Å². The summed E-state index contributed by atoms with van der Waals surface area (Å²) in [6, 6.07) is 3.67. The van der Waals surface area contributed by atoms with Crippen molar-refractivity contribution in [2.45, 2.75) is 38.6 Å². The first-order valence-electron chi connectivity index (χ1n) is 5.98. The normalized spacial score (nSPS) is 13.9. The first kappa shape index (κ1) is 17.3. The van der Waals surface area contributed by atoms with Crippen molar-refractivity contribution in [3.05, 3.63) is 28.8 Å². The van der Waals surface area contributed by atoms with E-state index in [2.05, 4.69) is 5.32 Å². The highest BCUT2D eigenvalue weighted by molar-refractivity contribution is 8.13. The number of carbonyl (C=O) groups is 1. The fraction of sp³-hybridized carbons (Fsp3) is 0.462. The van der Waals surface area contributed by atoms with Crippen molar-refractivity contribution in [2.24, 2.45) is 5.41 Å². The van der Waals surface area contributed by atoms with Gasteiger partial charge in [0.15, 0.2) is 0 Å². The summed E-state index contributed by atoms with van der Waals surface area (Å²) in [4.78, 5) is 12.0. The third kappa shape index (κ3) is 4.36. The van der Waals surface area contributed by atoms with Crippen molar-refractivity contribution in [2.75, 3.05) is 0 Å². The maximum atomic E-state index is 12.2. The average Bonchev–Trinajstić information content (AvgIpc) is 2.26. The van der Waals surface area contributed by atoms with Crippen LogP contribution in [0.5, 0.6) is 0 Å². The van der Waals surface area contributed by atoms with Gasteiger partial charge in [-0.25, -0.2) is 8.42 Å². The minimum Gasteiger partial charge on any atom is -0.349 e. The summed E-state index contributed by atoms with van der Waals surface area (Å²) in [7, 11) is 1.36. The molecule has 0 saturated carbocycles. The van der Waals surface area contributed by atoms with E-state index in [-0.39, 0.29) is 26.9 Å². The lowest BCUT2D eigenvalue weighted by atomic mass is 9.88. The molecule has 1 aromatic carbocycles. The van der Waals surface area contributed by atoms with E-state index in [4.69, 9.17) is 22.3 Å². The molecule has 0 aliphatic carbocycles. The molecular formula is C13H17Cl2NO3S. The van der Waals surface area contributed by atoms with Gasteiger partial charge in [-0.2, -0.15) is 0 Å². The molecule has 7 heteroatoms. The molecular weight excluding hydrogens is 321 g/mol. The molecule has 0 aliphatic rings. The summed E-state index contributed by atoms with van der Waals surface area (Å²) < 4.78 is 22.6. The monoisotopic (exact) mass is 337 g/mol. The summed E-state index contributed by atoms with van der Waals surface area (Å²) in [5, 5.41) is 2.97. The van der Waals surface area contributed by atoms with Crippen LogP contribution in [-0.4, -0.2) is 20.4 Å². The van der Waals surface area contributed by atoms with E-state index in [0.717, 1.165) is 0 Å². The van der Waals surface area contributed by atoms with Gasteiger partial charge in [0.05, 0.1) is 15.5 Å². The molecule has 1 rings (SSSR count). The van der Waals surface area contributed by atoms with Crippen LogP contribution in [0.25, 0.3) is 0 Å². The molecule has 0 fully saturated rings. The van der Waals surface area contributed by atoms with Crippen molar-refractivity contribution in [1.29, 1.82) is 0 Å². The Bertz CT molecular complexity index is 621. The standard InChI is InChI=1S/C13H17Cl2NO3S/c1-8(13(2,3)4)16-12(17)10-7-9(20(15,18)19)5-6-11(10)14/h5-8H,1-4H3,(H,16,17). The van der Waals surface area contributed by atoms with Gasteiger partial charge in [0.2, 0.25) is 0 Å². The van der Waals surface area contributed by atoms with Gasteiger partial charge in [-0.3, -0.25) is 4.79 Å². The van der Waals surface area contributed by atoms with Gasteiger partial charge >= 0.3 is 0 Å². The zero-order chi connectivity index (χ0) is 15.7. The van der Waals surface area contributed by atoms with Crippen molar-refractivity contribution in [1.82, 2.24) is 5.32 Å². The minimum atomic E-state index is -3.90. The molecule has 0 saturated heterocycles. The molecule has 0 aliphatic heterocycles. The highest BCUT2D eigenvalue weighted by Gasteiger charge is 2.24. The maximum Gasteiger partial charge on any atom is 0.261 e. The molecule has 20 heavy (non-hydrogen) atoms. The average molecular weight is 338 g/mol. The lowest BCUT2D eigenvalue weighted by Crippen LogP contribution is -2.41. The molecule has 0 bridgehead atoms. The van der Waals surface area contributed by atoms with Crippen LogP contribution in [0, 0.1) is 5.41 Å². The molecule has 0 spiro atoms. The Morgan fingerprint density at radius 2 is 1.85 bits per heavy atom. The SMILES string of the molecule is CC(NC(=O)c1cc(S(=O)(=O)Cl)ccc1Cl)C(C)(C)C. The highest BCUT2D eigenvalue weighted by Crippen LogP contribution is 2.24.